The molecule has 0 fully saturated rings. The SMILES string of the molecule is Cc1cc(C)c(C)c(C(Cl)Cc2c(F)cccc2Cl)c1C. The minimum Gasteiger partial charge on any atom is -0.207 e. The van der Waals surface area contributed by atoms with Crippen LogP contribution in [0.2, 0.25) is 5.02 Å². The minimum absolute atomic E-state index is 0.294. The maximum atomic E-state index is 13.9. The molecule has 2 rings (SSSR count). The van der Waals surface area contributed by atoms with Gasteiger partial charge in [0, 0.05) is 10.6 Å². The highest BCUT2D eigenvalue weighted by Gasteiger charge is 2.19. The molecule has 2 aromatic carbocycles. The lowest BCUT2D eigenvalue weighted by Crippen LogP contribution is -2.06. The molecule has 0 aliphatic heterocycles. The maximum Gasteiger partial charge on any atom is 0.127 e. The highest BCUT2D eigenvalue weighted by atomic mass is 35.5. The Morgan fingerprint density at radius 2 is 1.62 bits per heavy atom. The average molecular weight is 325 g/mol. The normalized spacial score (nSPS) is 12.5. The molecule has 0 aliphatic rings. The van der Waals surface area contributed by atoms with Crippen LogP contribution in [-0.2, 0) is 6.42 Å². The summed E-state index contributed by atoms with van der Waals surface area (Å²) >= 11 is 12.7. The van der Waals surface area contributed by atoms with Gasteiger partial charge in [0.1, 0.15) is 5.82 Å². The van der Waals surface area contributed by atoms with Crippen LogP contribution in [0.1, 0.15) is 38.8 Å². The van der Waals surface area contributed by atoms with Crippen molar-refractivity contribution in [1.82, 2.24) is 0 Å². The van der Waals surface area contributed by atoms with E-state index in [1.165, 1.54) is 28.3 Å². The van der Waals surface area contributed by atoms with Crippen molar-refractivity contribution in [2.24, 2.45) is 0 Å². The summed E-state index contributed by atoms with van der Waals surface area (Å²) in [6.45, 7) is 8.28. The number of benzene rings is 2. The Morgan fingerprint density at radius 3 is 2.14 bits per heavy atom. The smallest absolute Gasteiger partial charge is 0.127 e. The lowest BCUT2D eigenvalue weighted by Gasteiger charge is -2.20. The van der Waals surface area contributed by atoms with Gasteiger partial charge >= 0.3 is 0 Å². The van der Waals surface area contributed by atoms with Gasteiger partial charge in [-0.3, -0.25) is 0 Å². The summed E-state index contributed by atoms with van der Waals surface area (Å²) < 4.78 is 13.9. The zero-order valence-electron chi connectivity index (χ0n) is 12.7. The number of hydrogen-bond donors (Lipinski definition) is 0. The van der Waals surface area contributed by atoms with Crippen molar-refractivity contribution in [3.63, 3.8) is 0 Å². The Labute approximate surface area is 135 Å². The van der Waals surface area contributed by atoms with E-state index in [4.69, 9.17) is 23.2 Å². The summed E-state index contributed by atoms with van der Waals surface area (Å²) in [5, 5.41) is 0.137. The van der Waals surface area contributed by atoms with Crippen molar-refractivity contribution >= 4 is 23.2 Å². The molecule has 1 atom stereocenters. The third-order valence-corrected chi connectivity index (χ3v) is 4.91. The number of halogens is 3. The zero-order valence-corrected chi connectivity index (χ0v) is 14.2. The second-order valence-corrected chi connectivity index (χ2v) is 6.48. The topological polar surface area (TPSA) is 0 Å². The molecule has 0 nitrogen and oxygen atoms in total. The first-order valence-corrected chi connectivity index (χ1v) is 7.78. The van der Waals surface area contributed by atoms with E-state index >= 15 is 0 Å². The Balaban J connectivity index is 2.44. The molecule has 0 spiro atoms. The van der Waals surface area contributed by atoms with Gasteiger partial charge in [0.2, 0.25) is 0 Å². The summed E-state index contributed by atoms with van der Waals surface area (Å²) in [6.07, 6.45) is 0.387. The Hall–Kier alpha value is -1.05. The fourth-order valence-corrected chi connectivity index (χ4v) is 3.45. The van der Waals surface area contributed by atoms with Gasteiger partial charge in [0.05, 0.1) is 5.38 Å². The molecule has 0 saturated heterocycles. The number of aryl methyl sites for hydroxylation is 2. The molecule has 0 aliphatic carbocycles. The molecule has 0 heterocycles. The maximum absolute atomic E-state index is 13.9. The van der Waals surface area contributed by atoms with E-state index in [0.29, 0.717) is 17.0 Å². The Morgan fingerprint density at radius 1 is 1.05 bits per heavy atom. The molecule has 0 radical (unpaired) electrons. The van der Waals surface area contributed by atoms with Crippen LogP contribution in [0, 0.1) is 33.5 Å². The van der Waals surface area contributed by atoms with Crippen LogP contribution in [0.25, 0.3) is 0 Å². The molecule has 0 aromatic heterocycles. The third-order valence-electron chi connectivity index (χ3n) is 4.18. The molecule has 0 bridgehead atoms. The highest BCUT2D eigenvalue weighted by molar-refractivity contribution is 6.31. The molecule has 2 aromatic rings. The number of rotatable bonds is 3. The standard InChI is InChI=1S/C18H19Cl2F/c1-10-8-11(2)13(4)18(12(10)3)16(20)9-14-15(19)6-5-7-17(14)21/h5-8,16H,9H2,1-4H3. The number of hydrogen-bond acceptors (Lipinski definition) is 0. The van der Waals surface area contributed by atoms with Gasteiger partial charge in [0.25, 0.3) is 0 Å². The minimum atomic E-state index is -0.298. The predicted octanol–water partition coefficient (Wildman–Crippen LogP) is 6.24. The van der Waals surface area contributed by atoms with Crippen LogP contribution < -0.4 is 0 Å². The average Bonchev–Trinajstić information content (AvgIpc) is 2.41. The molecule has 112 valence electrons. The van der Waals surface area contributed by atoms with Crippen LogP contribution in [-0.4, -0.2) is 0 Å². The summed E-state index contributed by atoms with van der Waals surface area (Å²) in [4.78, 5) is 0. The molecule has 0 saturated carbocycles. The van der Waals surface area contributed by atoms with Gasteiger partial charge in [-0.05, 0) is 74.1 Å². The van der Waals surface area contributed by atoms with Crippen molar-refractivity contribution in [2.75, 3.05) is 0 Å². The van der Waals surface area contributed by atoms with Gasteiger partial charge in [0.15, 0.2) is 0 Å². The molecule has 0 N–H and O–H groups in total. The van der Waals surface area contributed by atoms with Gasteiger partial charge in [-0.15, -0.1) is 11.6 Å². The second kappa shape index (κ2) is 6.37. The molecular formula is C18H19Cl2F. The van der Waals surface area contributed by atoms with Crippen LogP contribution in [0.3, 0.4) is 0 Å². The third kappa shape index (κ3) is 3.25. The summed E-state index contributed by atoms with van der Waals surface area (Å²) in [5.74, 6) is -0.298. The first-order valence-electron chi connectivity index (χ1n) is 6.97. The first kappa shape index (κ1) is 16.3. The van der Waals surface area contributed by atoms with E-state index in [-0.39, 0.29) is 11.2 Å². The van der Waals surface area contributed by atoms with Crippen LogP contribution in [0.15, 0.2) is 24.3 Å². The lowest BCUT2D eigenvalue weighted by atomic mass is 9.90. The van der Waals surface area contributed by atoms with E-state index in [1.54, 1.807) is 12.1 Å². The van der Waals surface area contributed by atoms with Gasteiger partial charge in [-0.25, -0.2) is 4.39 Å². The Bertz CT molecular complexity index is 631. The Kier molecular flexibility index (Phi) is 4.95. The molecule has 0 amide bonds. The lowest BCUT2D eigenvalue weighted by molar-refractivity contribution is 0.607. The van der Waals surface area contributed by atoms with Crippen molar-refractivity contribution in [3.05, 3.63) is 68.5 Å². The van der Waals surface area contributed by atoms with E-state index < -0.39 is 0 Å². The zero-order chi connectivity index (χ0) is 15.7. The summed E-state index contributed by atoms with van der Waals surface area (Å²) in [7, 11) is 0. The highest BCUT2D eigenvalue weighted by Crippen LogP contribution is 2.35. The quantitative estimate of drug-likeness (QED) is 0.586. The van der Waals surface area contributed by atoms with Crippen LogP contribution >= 0.6 is 23.2 Å². The van der Waals surface area contributed by atoms with E-state index in [1.807, 2.05) is 0 Å². The van der Waals surface area contributed by atoms with E-state index in [0.717, 1.165) is 5.56 Å². The van der Waals surface area contributed by atoms with Crippen molar-refractivity contribution in [3.8, 4) is 0 Å². The summed E-state index contributed by atoms with van der Waals surface area (Å²) in [6, 6.07) is 6.89. The van der Waals surface area contributed by atoms with Gasteiger partial charge < -0.3 is 0 Å². The first-order chi connectivity index (χ1) is 9.82. The predicted molar refractivity (Wildman–Crippen MR) is 89.1 cm³/mol. The van der Waals surface area contributed by atoms with Crippen molar-refractivity contribution in [1.29, 1.82) is 0 Å². The number of alkyl halides is 1. The molecular weight excluding hydrogens is 306 g/mol. The van der Waals surface area contributed by atoms with E-state index in [2.05, 4.69) is 33.8 Å². The molecule has 1 unspecified atom stereocenters. The largest absolute Gasteiger partial charge is 0.207 e. The van der Waals surface area contributed by atoms with Crippen LogP contribution in [0.4, 0.5) is 4.39 Å². The van der Waals surface area contributed by atoms with Crippen LogP contribution in [0.5, 0.6) is 0 Å². The second-order valence-electron chi connectivity index (χ2n) is 5.55. The summed E-state index contributed by atoms with van der Waals surface area (Å²) in [5.41, 5.74) is 6.33. The fourth-order valence-electron chi connectivity index (χ4n) is 2.73. The van der Waals surface area contributed by atoms with Crippen molar-refractivity contribution in [2.45, 2.75) is 39.5 Å². The fraction of sp³-hybridized carbons (Fsp3) is 0.333. The monoisotopic (exact) mass is 324 g/mol. The molecule has 21 heavy (non-hydrogen) atoms. The molecule has 3 heteroatoms. The van der Waals surface area contributed by atoms with Gasteiger partial charge in [-0.2, -0.15) is 0 Å². The van der Waals surface area contributed by atoms with Crippen molar-refractivity contribution < 1.29 is 4.39 Å². The van der Waals surface area contributed by atoms with E-state index in [9.17, 15) is 4.39 Å². The van der Waals surface area contributed by atoms with Gasteiger partial charge in [-0.1, -0.05) is 23.7 Å².